The van der Waals surface area contributed by atoms with E-state index in [1.54, 1.807) is 29.6 Å². The van der Waals surface area contributed by atoms with Crippen LogP contribution in [0, 0.1) is 13.8 Å². The van der Waals surface area contributed by atoms with Gasteiger partial charge in [0.05, 0.1) is 31.3 Å². The van der Waals surface area contributed by atoms with Gasteiger partial charge in [0.25, 0.3) is 11.8 Å². The van der Waals surface area contributed by atoms with Crippen molar-refractivity contribution >= 4 is 60.5 Å². The molecule has 0 unspecified atom stereocenters. The number of benzene rings is 1. The van der Waals surface area contributed by atoms with Gasteiger partial charge in [-0.3, -0.25) is 14.7 Å². The number of nitrogens with two attached hydrogens (primary N) is 1. The molecule has 3 heterocycles. The number of hydrogen-bond acceptors (Lipinski definition) is 7. The number of nitrogens with zero attached hydrogens (tertiary/aromatic N) is 2. The van der Waals surface area contributed by atoms with E-state index in [-0.39, 0.29) is 18.0 Å². The highest BCUT2D eigenvalue weighted by Crippen LogP contribution is 2.38. The van der Waals surface area contributed by atoms with Crippen LogP contribution >= 0.6 is 22.7 Å². The molecule has 0 aliphatic rings. The van der Waals surface area contributed by atoms with Gasteiger partial charge in [-0.1, -0.05) is 0 Å². The third-order valence-corrected chi connectivity index (χ3v) is 5.81. The fraction of sp³-hybridized carbons (Fsp3) is 0.176. The Balaban J connectivity index is 1.56. The number of aryl methyl sites for hydroxylation is 2. The highest BCUT2D eigenvalue weighted by molar-refractivity contribution is 7.21. The molecule has 0 aliphatic heterocycles. The number of hydrogen-bond donors (Lipinski definition) is 3. The number of ether oxygens (including phenoxy) is 1. The minimum Gasteiger partial charge on any atom is -0.483 e. The quantitative estimate of drug-likeness (QED) is 0.474. The van der Waals surface area contributed by atoms with Gasteiger partial charge < -0.3 is 15.8 Å². The highest BCUT2D eigenvalue weighted by atomic mass is 32.1. The van der Waals surface area contributed by atoms with Crippen molar-refractivity contribution in [2.75, 3.05) is 11.9 Å². The summed E-state index contributed by atoms with van der Waals surface area (Å²) in [6.45, 7) is 3.43. The molecule has 0 atom stereocenters. The van der Waals surface area contributed by atoms with Crippen molar-refractivity contribution in [3.63, 3.8) is 0 Å². The number of anilines is 1. The Morgan fingerprint density at radius 3 is 2.96 bits per heavy atom. The molecule has 4 N–H and O–H groups in total. The first-order valence-corrected chi connectivity index (χ1v) is 9.68. The largest absolute Gasteiger partial charge is 0.483 e. The molecule has 1 aromatic carbocycles. The Hall–Kier alpha value is -2.98. The minimum atomic E-state index is -0.721. The number of carbonyl (C=O) groups excluding carboxylic acids is 2. The Morgan fingerprint density at radius 1 is 1.37 bits per heavy atom. The zero-order valence-corrected chi connectivity index (χ0v) is 16.1. The van der Waals surface area contributed by atoms with Crippen LogP contribution in [0.25, 0.3) is 20.3 Å². The molecule has 0 spiro atoms. The topological polar surface area (TPSA) is 123 Å². The Morgan fingerprint density at radius 2 is 2.19 bits per heavy atom. The van der Waals surface area contributed by atoms with Crippen LogP contribution in [0.3, 0.4) is 0 Å². The number of thiazole rings is 1. The summed E-state index contributed by atoms with van der Waals surface area (Å²) in [5, 5.41) is 12.9. The zero-order valence-electron chi connectivity index (χ0n) is 14.5. The molecule has 4 rings (SSSR count). The van der Waals surface area contributed by atoms with Gasteiger partial charge in [-0.25, -0.2) is 4.98 Å². The molecule has 3 aromatic heterocycles. The van der Waals surface area contributed by atoms with E-state index in [0.29, 0.717) is 11.4 Å². The smallest absolute Gasteiger partial charge is 0.271 e. The van der Waals surface area contributed by atoms with E-state index in [4.69, 9.17) is 10.5 Å². The average Bonchev–Trinajstić information content (AvgIpc) is 3.31. The Kier molecular flexibility index (Phi) is 4.28. The van der Waals surface area contributed by atoms with Crippen molar-refractivity contribution in [3.8, 4) is 5.75 Å². The van der Waals surface area contributed by atoms with E-state index in [2.05, 4.69) is 20.5 Å². The van der Waals surface area contributed by atoms with Gasteiger partial charge in [0.1, 0.15) is 5.75 Å². The maximum atomic E-state index is 12.3. The summed E-state index contributed by atoms with van der Waals surface area (Å²) in [4.78, 5) is 28.3. The molecule has 0 radical (unpaired) electrons. The molecule has 0 bridgehead atoms. The summed E-state index contributed by atoms with van der Waals surface area (Å²) in [5.41, 5.74) is 7.02. The Bertz CT molecular complexity index is 1190. The first-order valence-electron chi connectivity index (χ1n) is 7.99. The standard InChI is InChI=1S/C17H15N5O3S2/c1-7-13(15(17(18)24)22-21-7)20-12(23)6-25-10-5-11-14(19-8(2)27-11)16-9(10)3-4-26-16/h3-5H,6H2,1-2H3,(H2,18,24)(H,20,23)(H,21,22). The number of aromatic nitrogens is 3. The minimum absolute atomic E-state index is 0.0115. The second-order valence-electron chi connectivity index (χ2n) is 5.89. The summed E-state index contributed by atoms with van der Waals surface area (Å²) in [6.07, 6.45) is 0. The van der Waals surface area contributed by atoms with Crippen LogP contribution in [0.2, 0.25) is 0 Å². The number of thiophene rings is 1. The lowest BCUT2D eigenvalue weighted by atomic mass is 10.2. The number of rotatable bonds is 5. The highest BCUT2D eigenvalue weighted by Gasteiger charge is 2.18. The lowest BCUT2D eigenvalue weighted by molar-refractivity contribution is -0.118. The summed E-state index contributed by atoms with van der Waals surface area (Å²) in [5.74, 6) is -0.510. The summed E-state index contributed by atoms with van der Waals surface area (Å²) in [7, 11) is 0. The molecule has 27 heavy (non-hydrogen) atoms. The van der Waals surface area contributed by atoms with Crippen LogP contribution in [0.5, 0.6) is 5.75 Å². The van der Waals surface area contributed by atoms with Gasteiger partial charge in [-0.15, -0.1) is 22.7 Å². The van der Waals surface area contributed by atoms with Crippen LogP contribution < -0.4 is 15.8 Å². The van der Waals surface area contributed by atoms with Gasteiger partial charge >= 0.3 is 0 Å². The maximum Gasteiger partial charge on any atom is 0.271 e. The fourth-order valence-electron chi connectivity index (χ4n) is 2.79. The first kappa shape index (κ1) is 17.4. The molecule has 8 nitrogen and oxygen atoms in total. The number of aromatic amines is 1. The lowest BCUT2D eigenvalue weighted by Gasteiger charge is -2.09. The summed E-state index contributed by atoms with van der Waals surface area (Å²) >= 11 is 3.17. The molecule has 0 saturated heterocycles. The molecule has 0 aliphatic carbocycles. The third kappa shape index (κ3) is 3.13. The molecular weight excluding hydrogens is 386 g/mol. The fourth-order valence-corrected chi connectivity index (χ4v) is 4.62. The number of fused-ring (bicyclic) bond motifs is 3. The van der Waals surface area contributed by atoms with Crippen LogP contribution in [0.15, 0.2) is 17.5 Å². The number of carbonyl (C=O) groups is 2. The Labute approximate surface area is 161 Å². The van der Waals surface area contributed by atoms with E-state index in [0.717, 1.165) is 25.3 Å². The van der Waals surface area contributed by atoms with E-state index in [1.807, 2.05) is 24.4 Å². The van der Waals surface area contributed by atoms with Crippen LogP contribution in [0.4, 0.5) is 5.69 Å². The van der Waals surface area contributed by atoms with E-state index in [1.165, 1.54) is 0 Å². The van der Waals surface area contributed by atoms with Gasteiger partial charge in [-0.05, 0) is 25.3 Å². The van der Waals surface area contributed by atoms with Crippen molar-refractivity contribution in [1.29, 1.82) is 0 Å². The number of nitrogens with one attached hydrogen (secondary N) is 2. The van der Waals surface area contributed by atoms with Crippen molar-refractivity contribution in [3.05, 3.63) is 33.9 Å². The van der Waals surface area contributed by atoms with Gasteiger partial charge in [0, 0.05) is 11.5 Å². The number of H-pyrrole nitrogens is 1. The van der Waals surface area contributed by atoms with Crippen molar-refractivity contribution in [2.45, 2.75) is 13.8 Å². The van der Waals surface area contributed by atoms with Crippen LogP contribution in [0.1, 0.15) is 21.2 Å². The second-order valence-corrected chi connectivity index (χ2v) is 8.04. The van der Waals surface area contributed by atoms with Gasteiger partial charge in [-0.2, -0.15) is 5.10 Å². The van der Waals surface area contributed by atoms with Gasteiger partial charge in [0.15, 0.2) is 12.3 Å². The van der Waals surface area contributed by atoms with Crippen molar-refractivity contribution in [1.82, 2.24) is 15.2 Å². The second kappa shape index (κ2) is 6.63. The summed E-state index contributed by atoms with van der Waals surface area (Å²) in [6, 6.07) is 3.85. The van der Waals surface area contributed by atoms with E-state index < -0.39 is 11.8 Å². The first-order chi connectivity index (χ1) is 12.9. The number of primary amides is 1. The predicted octanol–water partition coefficient (Wildman–Crippen LogP) is 2.97. The molecular formula is C17H15N5O3S2. The molecule has 138 valence electrons. The molecule has 0 fully saturated rings. The monoisotopic (exact) mass is 401 g/mol. The normalized spacial score (nSPS) is 11.2. The molecule has 2 amide bonds. The third-order valence-electron chi connectivity index (χ3n) is 3.97. The number of amides is 2. The average molecular weight is 401 g/mol. The maximum absolute atomic E-state index is 12.3. The van der Waals surface area contributed by atoms with Gasteiger partial charge in [0.2, 0.25) is 0 Å². The van der Waals surface area contributed by atoms with E-state index in [9.17, 15) is 9.59 Å². The molecule has 10 heteroatoms. The predicted molar refractivity (Wildman–Crippen MR) is 106 cm³/mol. The molecule has 0 saturated carbocycles. The molecule has 4 aromatic rings. The van der Waals surface area contributed by atoms with Crippen LogP contribution in [-0.2, 0) is 4.79 Å². The summed E-state index contributed by atoms with van der Waals surface area (Å²) < 4.78 is 7.82. The lowest BCUT2D eigenvalue weighted by Crippen LogP contribution is -2.23. The van der Waals surface area contributed by atoms with Crippen LogP contribution in [-0.4, -0.2) is 33.6 Å². The van der Waals surface area contributed by atoms with Crippen molar-refractivity contribution < 1.29 is 14.3 Å². The van der Waals surface area contributed by atoms with E-state index >= 15 is 0 Å². The van der Waals surface area contributed by atoms with Crippen molar-refractivity contribution in [2.24, 2.45) is 5.73 Å². The zero-order chi connectivity index (χ0) is 19.1. The SMILES string of the molecule is Cc1nc2c(cc(OCC(=O)Nc3c(C(N)=O)n[nH]c3C)c3ccsc32)s1.